The molecule has 3 heterocycles. The first-order chi connectivity index (χ1) is 42.5. The number of para-hydroxylation sites is 1. The number of benzene rings is 1. The number of nitrogens with zero attached hydrogens (tertiary/aromatic N) is 2. The van der Waals surface area contributed by atoms with E-state index in [1.807, 2.05) is 0 Å². The maximum Gasteiger partial charge on any atom is 0.326 e. The summed E-state index contributed by atoms with van der Waals surface area (Å²) in [5.74, 6) is -12.7. The van der Waals surface area contributed by atoms with Gasteiger partial charge in [-0.3, -0.25) is 52.7 Å². The number of aliphatic carboxylic acids is 1. The second-order valence-corrected chi connectivity index (χ2v) is 22.3. The summed E-state index contributed by atoms with van der Waals surface area (Å²) in [6, 6.07) is -9.86. The van der Waals surface area contributed by atoms with E-state index in [4.69, 9.17) is 5.73 Å². The molecular formula is C56H83N17O17. The number of aromatic nitrogens is 5. The molecule has 90 heavy (non-hydrogen) atoms. The van der Waals surface area contributed by atoms with Crippen LogP contribution in [0, 0.1) is 11.8 Å². The molecule has 0 fully saturated rings. The van der Waals surface area contributed by atoms with Crippen molar-refractivity contribution in [2.24, 2.45) is 17.6 Å². The van der Waals surface area contributed by atoms with E-state index in [1.165, 1.54) is 45.8 Å². The SMILES string of the molecule is CC(C)C[C@H](NC(=O)CNC(=O)[C@H](C)NC(=O)[C@H](CO)NC(=O)[C@H](CO)NC(=O)[C@H](CC(C)C)NC(=O)[C@H](Cc1cnc[nH]1)NC(=O)[C@H](Cc1cnc[nH]1)NC(=O)[C@H](CO)NC(=O)[C@H](Cc1c[nH]c2ccccc12)NC(=O)[C@@H](NC(=O)[C@H](C)N)[C@@H](C)O)C(=O)O. The first kappa shape index (κ1) is 73.1. The van der Waals surface area contributed by atoms with Gasteiger partial charge in [0.25, 0.3) is 0 Å². The van der Waals surface area contributed by atoms with Crippen molar-refractivity contribution in [3.05, 3.63) is 72.5 Å². The van der Waals surface area contributed by atoms with Crippen LogP contribution in [0.3, 0.4) is 0 Å². The third kappa shape index (κ3) is 23.0. The zero-order chi connectivity index (χ0) is 66.9. The van der Waals surface area contributed by atoms with Crippen LogP contribution in [-0.4, -0.2) is 220 Å². The summed E-state index contributed by atoms with van der Waals surface area (Å²) < 4.78 is 0. The van der Waals surface area contributed by atoms with Gasteiger partial charge in [0.05, 0.1) is 51.2 Å². The van der Waals surface area contributed by atoms with E-state index >= 15 is 0 Å². The number of nitrogens with two attached hydrogens (primary N) is 1. The Morgan fingerprint density at radius 3 is 1.36 bits per heavy atom. The van der Waals surface area contributed by atoms with Gasteiger partial charge in [0.15, 0.2) is 0 Å². The number of carboxylic acids is 1. The molecule has 4 aromatic rings. The predicted molar refractivity (Wildman–Crippen MR) is 318 cm³/mol. The lowest BCUT2D eigenvalue weighted by atomic mass is 10.0. The fraction of sp³-hybridized carbons (Fsp3) is 0.536. The van der Waals surface area contributed by atoms with E-state index < -0.39 is 170 Å². The van der Waals surface area contributed by atoms with Crippen molar-refractivity contribution in [1.29, 1.82) is 0 Å². The van der Waals surface area contributed by atoms with Gasteiger partial charge in [-0.25, -0.2) is 14.8 Å². The van der Waals surface area contributed by atoms with Crippen LogP contribution in [-0.2, 0) is 76.8 Å². The quantitative estimate of drug-likeness (QED) is 0.0200. The summed E-state index contributed by atoms with van der Waals surface area (Å²) in [6.07, 6.45) is 4.50. The molecule has 0 spiro atoms. The molecule has 34 nitrogen and oxygen atoms in total. The number of H-pyrrole nitrogens is 3. The largest absolute Gasteiger partial charge is 0.480 e. The minimum absolute atomic E-state index is 0.0777. The lowest BCUT2D eigenvalue weighted by Crippen LogP contribution is -2.62. The Morgan fingerprint density at radius 1 is 0.489 bits per heavy atom. The number of hydrogen-bond acceptors (Lipinski definition) is 19. The molecule has 11 amide bonds. The van der Waals surface area contributed by atoms with Crippen LogP contribution in [0.25, 0.3) is 10.9 Å². The van der Waals surface area contributed by atoms with Crippen molar-refractivity contribution in [3.8, 4) is 0 Å². The summed E-state index contributed by atoms with van der Waals surface area (Å²) in [5, 5.41) is 77.7. The Balaban J connectivity index is 1.51. The minimum atomic E-state index is -1.82. The zero-order valence-electron chi connectivity index (χ0n) is 50.7. The van der Waals surface area contributed by atoms with Crippen LogP contribution in [0.5, 0.6) is 0 Å². The second-order valence-electron chi connectivity index (χ2n) is 22.3. The summed E-state index contributed by atoms with van der Waals surface area (Å²) in [4.78, 5) is 178. The van der Waals surface area contributed by atoms with E-state index in [2.05, 4.69) is 83.4 Å². The maximum absolute atomic E-state index is 14.5. The number of carboxylic acid groups (broad SMARTS) is 1. The molecule has 34 heteroatoms. The fourth-order valence-electron chi connectivity index (χ4n) is 8.89. The average molecular weight is 1270 g/mol. The Bertz CT molecular complexity index is 3080. The fourth-order valence-corrected chi connectivity index (χ4v) is 8.89. The van der Waals surface area contributed by atoms with Gasteiger partial charge in [-0.05, 0) is 57.1 Å². The molecule has 0 radical (unpaired) electrons. The van der Waals surface area contributed by atoms with Gasteiger partial charge in [0, 0.05) is 60.1 Å². The zero-order valence-corrected chi connectivity index (χ0v) is 50.7. The van der Waals surface area contributed by atoms with Gasteiger partial charge >= 0.3 is 5.97 Å². The Hall–Kier alpha value is -9.38. The van der Waals surface area contributed by atoms with Gasteiger partial charge < -0.3 is 105 Å². The highest BCUT2D eigenvalue weighted by Gasteiger charge is 2.37. The van der Waals surface area contributed by atoms with Gasteiger partial charge in [-0.15, -0.1) is 0 Å². The van der Waals surface area contributed by atoms with Crippen molar-refractivity contribution in [2.75, 3.05) is 26.4 Å². The van der Waals surface area contributed by atoms with Gasteiger partial charge in [-0.2, -0.15) is 0 Å². The van der Waals surface area contributed by atoms with Crippen LogP contribution in [0.2, 0.25) is 0 Å². The molecular weight excluding hydrogens is 1180 g/mol. The Morgan fingerprint density at radius 2 is 0.911 bits per heavy atom. The Labute approximate surface area is 516 Å². The van der Waals surface area contributed by atoms with E-state index in [-0.39, 0.29) is 49.6 Å². The number of carbonyl (C=O) groups is 12. The molecule has 0 aliphatic rings. The van der Waals surface area contributed by atoms with Gasteiger partial charge in [-0.1, -0.05) is 45.9 Å². The smallest absolute Gasteiger partial charge is 0.326 e. The molecule has 494 valence electrons. The number of imidazole rings is 2. The second kappa shape index (κ2) is 35.6. The molecule has 21 N–H and O–H groups in total. The van der Waals surface area contributed by atoms with Crippen molar-refractivity contribution < 1.29 is 83.1 Å². The van der Waals surface area contributed by atoms with Crippen molar-refractivity contribution in [1.82, 2.24) is 83.4 Å². The molecule has 0 aliphatic carbocycles. The molecule has 3 aromatic heterocycles. The summed E-state index contributed by atoms with van der Waals surface area (Å²) in [7, 11) is 0. The van der Waals surface area contributed by atoms with Crippen molar-refractivity contribution in [2.45, 2.75) is 153 Å². The standard InChI is InChI=1S/C56H83N17O17/c1-26(2)12-36(48(81)70-43(23-76)54(87)72-41(21-74)52(85)64-29(6)47(80)61-20-44(78)65-40(56(89)90)13-27(3)4)66-50(83)38(15-32-18-58-24-62-32)67-51(84)39(16-33-19-59-25-63-33)68-53(86)42(22-75)71-49(82)37(14-31-17-60-35-11-9-8-10-34(31)35)69-55(88)45(30(7)77)73-46(79)28(5)57/h8-11,17-19,24-30,36-43,45,60,74-77H,12-16,20-23,57H2,1-7H3,(H,58,62)(H,59,63)(H,61,80)(H,64,85)(H,65,78)(H,66,83)(H,67,84)(H,68,86)(H,69,88)(H,70,81)(H,71,82)(H,72,87)(H,73,79)(H,89,90)/t28-,29-,30+,36-,37-,38-,39-,40-,41-,42-,43-,45-/m0/s1. The molecule has 0 unspecified atom stereocenters. The van der Waals surface area contributed by atoms with Crippen LogP contribution < -0.4 is 64.2 Å². The number of rotatable bonds is 37. The summed E-state index contributed by atoms with van der Waals surface area (Å²) >= 11 is 0. The average Bonchev–Trinajstić information content (AvgIpc) is 2.01. The van der Waals surface area contributed by atoms with Gasteiger partial charge in [0.2, 0.25) is 65.0 Å². The number of carbonyl (C=O) groups excluding carboxylic acids is 11. The van der Waals surface area contributed by atoms with Crippen molar-refractivity contribution >= 4 is 81.9 Å². The number of aromatic amines is 3. The highest BCUT2D eigenvalue weighted by molar-refractivity contribution is 5.99. The van der Waals surface area contributed by atoms with Crippen LogP contribution in [0.1, 0.15) is 78.3 Å². The van der Waals surface area contributed by atoms with Crippen LogP contribution in [0.15, 0.2) is 55.5 Å². The van der Waals surface area contributed by atoms with Crippen molar-refractivity contribution in [3.63, 3.8) is 0 Å². The molecule has 0 aliphatic heterocycles. The number of nitrogens with one attached hydrogen (secondary N) is 14. The highest BCUT2D eigenvalue weighted by atomic mass is 16.4. The number of amides is 11. The lowest BCUT2D eigenvalue weighted by Gasteiger charge is -2.28. The minimum Gasteiger partial charge on any atom is -0.480 e. The van der Waals surface area contributed by atoms with E-state index in [9.17, 15) is 83.1 Å². The number of hydrogen-bond donors (Lipinski definition) is 20. The topological polar surface area (TPSA) is 537 Å². The Kier molecular flexibility index (Phi) is 28.9. The third-order valence-corrected chi connectivity index (χ3v) is 13.7. The maximum atomic E-state index is 14.5. The highest BCUT2D eigenvalue weighted by Crippen LogP contribution is 2.20. The summed E-state index contributed by atoms with van der Waals surface area (Å²) in [5.41, 5.74) is 7.47. The normalized spacial score (nSPS) is 15.3. The first-order valence-corrected chi connectivity index (χ1v) is 28.8. The molecule has 12 atom stereocenters. The number of aliphatic hydroxyl groups excluding tert-OH is 4. The first-order valence-electron chi connectivity index (χ1n) is 28.8. The summed E-state index contributed by atoms with van der Waals surface area (Å²) in [6.45, 7) is 6.84. The monoisotopic (exact) mass is 1270 g/mol. The van der Waals surface area contributed by atoms with Gasteiger partial charge in [0.1, 0.15) is 60.4 Å². The van der Waals surface area contributed by atoms with Crippen LogP contribution >= 0.6 is 0 Å². The molecule has 0 saturated heterocycles. The lowest BCUT2D eigenvalue weighted by molar-refractivity contribution is -0.142. The van der Waals surface area contributed by atoms with E-state index in [1.54, 1.807) is 58.2 Å². The molecule has 0 saturated carbocycles. The van der Waals surface area contributed by atoms with E-state index in [0.717, 1.165) is 0 Å². The third-order valence-electron chi connectivity index (χ3n) is 13.7. The molecule has 1 aromatic carbocycles. The number of fused-ring (bicyclic) bond motifs is 1. The molecule has 4 rings (SSSR count). The van der Waals surface area contributed by atoms with Crippen LogP contribution in [0.4, 0.5) is 0 Å². The predicted octanol–water partition coefficient (Wildman–Crippen LogP) is -6.49. The molecule has 0 bridgehead atoms. The van der Waals surface area contributed by atoms with E-state index in [0.29, 0.717) is 22.2 Å². The number of aliphatic hydroxyl groups is 4.